The van der Waals surface area contributed by atoms with E-state index in [4.69, 9.17) is 0 Å². The second kappa shape index (κ2) is 4.81. The van der Waals surface area contributed by atoms with Crippen molar-refractivity contribution < 1.29 is 18.3 Å². The minimum atomic E-state index is -3.36. The lowest BCUT2D eigenvalue weighted by Crippen LogP contribution is -2.39. The Morgan fingerprint density at radius 2 is 1.94 bits per heavy atom. The van der Waals surface area contributed by atoms with Crippen LogP contribution in [0.1, 0.15) is 40.5 Å². The molecule has 1 rings (SSSR count). The van der Waals surface area contributed by atoms with Gasteiger partial charge >= 0.3 is 5.97 Å². The van der Waals surface area contributed by atoms with Crippen molar-refractivity contribution in [2.24, 2.45) is 10.8 Å². The van der Waals surface area contributed by atoms with E-state index in [1.54, 1.807) is 6.92 Å². The van der Waals surface area contributed by atoms with E-state index >= 15 is 0 Å². The van der Waals surface area contributed by atoms with Crippen LogP contribution in [0.25, 0.3) is 0 Å². The van der Waals surface area contributed by atoms with Gasteiger partial charge in [-0.3, -0.25) is 4.79 Å². The molecule has 0 aromatic carbocycles. The van der Waals surface area contributed by atoms with Gasteiger partial charge in [-0.25, -0.2) is 12.7 Å². The molecule has 0 bridgehead atoms. The number of sulfonamides is 1. The topological polar surface area (TPSA) is 74.7 Å². The molecule has 0 aromatic rings. The standard InChI is InChI=1S/C12H23NO4S/c1-5-12(10(14)15)6-7-13(8-12)18(16,17)9-11(2,3)4/h5-9H2,1-4H3,(H,14,15). The molecule has 5 nitrogen and oxygen atoms in total. The van der Waals surface area contributed by atoms with Crippen molar-refractivity contribution in [3.05, 3.63) is 0 Å². The highest BCUT2D eigenvalue weighted by Crippen LogP contribution is 2.36. The molecule has 1 N–H and O–H groups in total. The van der Waals surface area contributed by atoms with Crippen LogP contribution < -0.4 is 0 Å². The van der Waals surface area contributed by atoms with Gasteiger partial charge in [0, 0.05) is 13.1 Å². The molecule has 18 heavy (non-hydrogen) atoms. The van der Waals surface area contributed by atoms with E-state index < -0.39 is 21.4 Å². The molecule has 0 saturated carbocycles. The molecule has 1 fully saturated rings. The van der Waals surface area contributed by atoms with Crippen molar-refractivity contribution in [2.75, 3.05) is 18.8 Å². The molecule has 0 aliphatic carbocycles. The highest BCUT2D eigenvalue weighted by molar-refractivity contribution is 7.89. The summed E-state index contributed by atoms with van der Waals surface area (Å²) in [7, 11) is -3.36. The van der Waals surface area contributed by atoms with E-state index in [9.17, 15) is 18.3 Å². The van der Waals surface area contributed by atoms with Crippen molar-refractivity contribution in [3.8, 4) is 0 Å². The summed E-state index contributed by atoms with van der Waals surface area (Å²) in [5.41, 5.74) is -1.22. The number of carboxylic acids is 1. The fourth-order valence-electron chi connectivity index (χ4n) is 2.32. The van der Waals surface area contributed by atoms with Crippen LogP contribution in [-0.2, 0) is 14.8 Å². The first-order valence-corrected chi connectivity index (χ1v) is 7.85. The molecule has 0 radical (unpaired) electrons. The van der Waals surface area contributed by atoms with Crippen molar-refractivity contribution in [3.63, 3.8) is 0 Å². The SMILES string of the molecule is CCC1(C(=O)O)CCN(S(=O)(=O)CC(C)(C)C)C1. The Kier molecular flexibility index (Phi) is 4.13. The lowest BCUT2D eigenvalue weighted by atomic mass is 9.85. The van der Waals surface area contributed by atoms with Crippen molar-refractivity contribution >= 4 is 16.0 Å². The average molecular weight is 277 g/mol. The lowest BCUT2D eigenvalue weighted by Gasteiger charge is -2.25. The first-order valence-electron chi connectivity index (χ1n) is 6.24. The quantitative estimate of drug-likeness (QED) is 0.846. The van der Waals surface area contributed by atoms with E-state index in [-0.39, 0.29) is 17.7 Å². The third-order valence-electron chi connectivity index (χ3n) is 3.46. The van der Waals surface area contributed by atoms with E-state index in [0.29, 0.717) is 19.4 Å². The van der Waals surface area contributed by atoms with Gasteiger partial charge in [-0.05, 0) is 18.3 Å². The van der Waals surface area contributed by atoms with Crippen LogP contribution >= 0.6 is 0 Å². The number of carbonyl (C=O) groups is 1. The Hall–Kier alpha value is -0.620. The Bertz CT molecular complexity index is 424. The predicted molar refractivity (Wildman–Crippen MR) is 69.8 cm³/mol. The number of carboxylic acid groups (broad SMARTS) is 1. The second-order valence-electron chi connectivity index (χ2n) is 6.34. The minimum Gasteiger partial charge on any atom is -0.481 e. The van der Waals surface area contributed by atoms with Gasteiger partial charge in [-0.15, -0.1) is 0 Å². The molecule has 0 amide bonds. The van der Waals surface area contributed by atoms with Gasteiger partial charge in [-0.2, -0.15) is 0 Å². The molecule has 1 unspecified atom stereocenters. The summed E-state index contributed by atoms with van der Waals surface area (Å²) >= 11 is 0. The minimum absolute atomic E-state index is 0.0550. The summed E-state index contributed by atoms with van der Waals surface area (Å²) in [6, 6.07) is 0. The van der Waals surface area contributed by atoms with Crippen LogP contribution in [0.2, 0.25) is 0 Å². The first-order chi connectivity index (χ1) is 8.02. The Balaban J connectivity index is 2.87. The van der Waals surface area contributed by atoms with Gasteiger partial charge in [0.25, 0.3) is 0 Å². The summed E-state index contributed by atoms with van der Waals surface area (Å²) in [6.45, 7) is 7.82. The maximum atomic E-state index is 12.2. The van der Waals surface area contributed by atoms with Gasteiger partial charge in [0.05, 0.1) is 11.2 Å². The molecule has 6 heteroatoms. The van der Waals surface area contributed by atoms with Gasteiger partial charge < -0.3 is 5.11 Å². The van der Waals surface area contributed by atoms with Crippen LogP contribution in [0.5, 0.6) is 0 Å². The van der Waals surface area contributed by atoms with Gasteiger partial charge in [-0.1, -0.05) is 27.7 Å². The van der Waals surface area contributed by atoms with Gasteiger partial charge in [0.15, 0.2) is 0 Å². The first kappa shape index (κ1) is 15.4. The molecular weight excluding hydrogens is 254 g/mol. The summed E-state index contributed by atoms with van der Waals surface area (Å²) in [5.74, 6) is -0.835. The summed E-state index contributed by atoms with van der Waals surface area (Å²) in [5, 5.41) is 9.26. The van der Waals surface area contributed by atoms with E-state index in [1.807, 2.05) is 20.8 Å². The molecule has 106 valence electrons. The molecule has 0 spiro atoms. The summed E-state index contributed by atoms with van der Waals surface area (Å²) < 4.78 is 25.8. The normalized spacial score (nSPS) is 26.4. The smallest absolute Gasteiger partial charge is 0.311 e. The monoisotopic (exact) mass is 277 g/mol. The average Bonchev–Trinajstić information content (AvgIpc) is 2.59. The highest BCUT2D eigenvalue weighted by atomic mass is 32.2. The molecular formula is C12H23NO4S. The van der Waals surface area contributed by atoms with Crippen LogP contribution in [-0.4, -0.2) is 42.6 Å². The maximum Gasteiger partial charge on any atom is 0.311 e. The van der Waals surface area contributed by atoms with Crippen LogP contribution in [0.15, 0.2) is 0 Å². The summed E-state index contributed by atoms with van der Waals surface area (Å²) in [6.07, 6.45) is 0.867. The predicted octanol–water partition coefficient (Wildman–Crippen LogP) is 1.55. The van der Waals surface area contributed by atoms with E-state index in [0.717, 1.165) is 0 Å². The molecule has 1 atom stereocenters. The Morgan fingerprint density at radius 1 is 1.39 bits per heavy atom. The Labute approximate surface area is 109 Å². The van der Waals surface area contributed by atoms with Crippen LogP contribution in [0, 0.1) is 10.8 Å². The zero-order chi connectivity index (χ0) is 14.2. The number of hydrogen-bond donors (Lipinski definition) is 1. The van der Waals surface area contributed by atoms with Crippen molar-refractivity contribution in [1.29, 1.82) is 0 Å². The molecule has 0 aromatic heterocycles. The molecule has 1 heterocycles. The molecule has 1 aliphatic heterocycles. The van der Waals surface area contributed by atoms with E-state index in [2.05, 4.69) is 0 Å². The zero-order valence-corrected chi connectivity index (χ0v) is 12.4. The van der Waals surface area contributed by atoms with Crippen LogP contribution in [0.4, 0.5) is 0 Å². The Morgan fingerprint density at radius 3 is 2.28 bits per heavy atom. The van der Waals surface area contributed by atoms with Crippen molar-refractivity contribution in [1.82, 2.24) is 4.31 Å². The lowest BCUT2D eigenvalue weighted by molar-refractivity contribution is -0.148. The maximum absolute atomic E-state index is 12.2. The van der Waals surface area contributed by atoms with Crippen LogP contribution in [0.3, 0.4) is 0 Å². The third-order valence-corrected chi connectivity index (χ3v) is 5.79. The van der Waals surface area contributed by atoms with Gasteiger partial charge in [0.1, 0.15) is 0 Å². The third kappa shape index (κ3) is 3.23. The fourth-order valence-corrected chi connectivity index (χ4v) is 4.41. The highest BCUT2D eigenvalue weighted by Gasteiger charge is 2.47. The zero-order valence-electron chi connectivity index (χ0n) is 11.6. The van der Waals surface area contributed by atoms with Crippen molar-refractivity contribution in [2.45, 2.75) is 40.5 Å². The second-order valence-corrected chi connectivity index (χ2v) is 8.31. The van der Waals surface area contributed by atoms with Gasteiger partial charge in [0.2, 0.25) is 10.0 Å². The largest absolute Gasteiger partial charge is 0.481 e. The number of hydrogen-bond acceptors (Lipinski definition) is 3. The number of rotatable bonds is 4. The number of aliphatic carboxylic acids is 1. The molecule has 1 saturated heterocycles. The molecule has 1 aliphatic rings. The fraction of sp³-hybridized carbons (Fsp3) is 0.917. The summed E-state index contributed by atoms with van der Waals surface area (Å²) in [4.78, 5) is 11.3. The van der Waals surface area contributed by atoms with E-state index in [1.165, 1.54) is 4.31 Å². The number of nitrogens with zero attached hydrogens (tertiary/aromatic N) is 1.